The van der Waals surface area contributed by atoms with Gasteiger partial charge in [-0.2, -0.15) is 0 Å². The van der Waals surface area contributed by atoms with Crippen LogP contribution >= 0.6 is 11.6 Å². The minimum absolute atomic E-state index is 0.122. The van der Waals surface area contributed by atoms with Crippen LogP contribution in [0.3, 0.4) is 0 Å². The van der Waals surface area contributed by atoms with Crippen molar-refractivity contribution in [1.29, 1.82) is 0 Å². The van der Waals surface area contributed by atoms with Gasteiger partial charge in [-0.1, -0.05) is 31.0 Å². The van der Waals surface area contributed by atoms with Gasteiger partial charge in [0.2, 0.25) is 0 Å². The molecule has 0 aromatic heterocycles. The highest BCUT2D eigenvalue weighted by Crippen LogP contribution is 2.27. The zero-order valence-electron chi connectivity index (χ0n) is 10.6. The number of carbonyl (C=O) groups excluding carboxylic acids is 1. The maximum absolute atomic E-state index is 11.9. The fourth-order valence-corrected chi connectivity index (χ4v) is 1.90. The Hall–Kier alpha value is -2.15. The van der Waals surface area contributed by atoms with Crippen molar-refractivity contribution in [3.05, 3.63) is 38.9 Å². The van der Waals surface area contributed by atoms with E-state index in [0.717, 1.165) is 0 Å². The largest absolute Gasteiger partial charge is 0.480 e. The summed E-state index contributed by atoms with van der Waals surface area (Å²) >= 11 is 5.79. The smallest absolute Gasteiger partial charge is 0.326 e. The van der Waals surface area contributed by atoms with Crippen molar-refractivity contribution in [3.8, 4) is 0 Å². The number of aliphatic carboxylic acids is 1. The van der Waals surface area contributed by atoms with Gasteiger partial charge in [0, 0.05) is 6.07 Å². The second-order valence-corrected chi connectivity index (χ2v) is 4.43. The quantitative estimate of drug-likeness (QED) is 0.618. The standard InChI is InChI=1S/C12H13ClN2O5/c1-2-4-8(12(17)18)14-11(16)7-5-3-6-9(10(7)13)15(19)20/h3,5-6,8H,2,4H2,1H3,(H,14,16)(H,17,18)/t8-/m0/s1. The van der Waals surface area contributed by atoms with Crippen molar-refractivity contribution in [2.45, 2.75) is 25.8 Å². The molecule has 1 amide bonds. The fraction of sp³-hybridized carbons (Fsp3) is 0.333. The number of carboxylic acids is 1. The lowest BCUT2D eigenvalue weighted by Gasteiger charge is -2.14. The molecule has 0 saturated heterocycles. The van der Waals surface area contributed by atoms with Crippen LogP contribution in [0.2, 0.25) is 5.02 Å². The molecule has 0 aliphatic heterocycles. The number of amides is 1. The Balaban J connectivity index is 3.00. The van der Waals surface area contributed by atoms with E-state index < -0.39 is 28.5 Å². The summed E-state index contributed by atoms with van der Waals surface area (Å²) in [6.45, 7) is 1.78. The van der Waals surface area contributed by atoms with Crippen LogP contribution in [-0.4, -0.2) is 27.9 Å². The second-order valence-electron chi connectivity index (χ2n) is 4.05. The van der Waals surface area contributed by atoms with Crippen LogP contribution in [0, 0.1) is 10.1 Å². The molecule has 1 rings (SSSR count). The number of benzene rings is 1. The van der Waals surface area contributed by atoms with Gasteiger partial charge in [0.1, 0.15) is 11.1 Å². The first-order valence-electron chi connectivity index (χ1n) is 5.85. The van der Waals surface area contributed by atoms with Crippen LogP contribution in [-0.2, 0) is 4.79 Å². The first kappa shape index (κ1) is 15.9. The van der Waals surface area contributed by atoms with Crippen molar-refractivity contribution >= 4 is 29.2 Å². The summed E-state index contributed by atoms with van der Waals surface area (Å²) in [6.07, 6.45) is 0.827. The topological polar surface area (TPSA) is 110 Å². The molecule has 0 bridgehead atoms. The number of hydrogen-bond acceptors (Lipinski definition) is 4. The van der Waals surface area contributed by atoms with Gasteiger partial charge in [-0.25, -0.2) is 4.79 Å². The molecular formula is C12H13ClN2O5. The number of halogens is 1. The van der Waals surface area contributed by atoms with E-state index in [-0.39, 0.29) is 17.0 Å². The third-order valence-corrected chi connectivity index (χ3v) is 3.00. The Morgan fingerprint density at radius 2 is 2.15 bits per heavy atom. The van der Waals surface area contributed by atoms with Crippen molar-refractivity contribution in [2.75, 3.05) is 0 Å². The Labute approximate surface area is 119 Å². The Bertz CT molecular complexity index is 547. The molecule has 0 aliphatic rings. The lowest BCUT2D eigenvalue weighted by atomic mass is 10.1. The molecule has 2 N–H and O–H groups in total. The Kier molecular flexibility index (Phi) is 5.45. The molecule has 1 atom stereocenters. The minimum atomic E-state index is -1.17. The highest BCUT2D eigenvalue weighted by atomic mass is 35.5. The number of hydrogen-bond donors (Lipinski definition) is 2. The van der Waals surface area contributed by atoms with Crippen molar-refractivity contribution in [1.82, 2.24) is 5.32 Å². The van der Waals surface area contributed by atoms with Crippen molar-refractivity contribution < 1.29 is 19.6 Å². The zero-order chi connectivity index (χ0) is 15.3. The summed E-state index contributed by atoms with van der Waals surface area (Å²) < 4.78 is 0. The van der Waals surface area contributed by atoms with E-state index in [2.05, 4.69) is 5.32 Å². The molecule has 0 unspecified atom stereocenters. The predicted molar refractivity (Wildman–Crippen MR) is 71.9 cm³/mol. The van der Waals surface area contributed by atoms with Crippen LogP contribution in [0.15, 0.2) is 18.2 Å². The summed E-state index contributed by atoms with van der Waals surface area (Å²) in [7, 11) is 0. The van der Waals surface area contributed by atoms with Gasteiger partial charge in [0.25, 0.3) is 11.6 Å². The first-order chi connectivity index (χ1) is 9.38. The lowest BCUT2D eigenvalue weighted by Crippen LogP contribution is -2.40. The van der Waals surface area contributed by atoms with Crippen LogP contribution in [0.25, 0.3) is 0 Å². The lowest BCUT2D eigenvalue weighted by molar-refractivity contribution is -0.384. The second kappa shape index (κ2) is 6.85. The Morgan fingerprint density at radius 3 is 2.65 bits per heavy atom. The fourth-order valence-electron chi connectivity index (χ4n) is 1.62. The van der Waals surface area contributed by atoms with E-state index in [4.69, 9.17) is 16.7 Å². The van der Waals surface area contributed by atoms with Gasteiger partial charge in [-0.05, 0) is 12.5 Å². The number of nitro groups is 1. The molecule has 108 valence electrons. The highest BCUT2D eigenvalue weighted by Gasteiger charge is 2.24. The number of nitro benzene ring substituents is 1. The van der Waals surface area contributed by atoms with E-state index >= 15 is 0 Å². The normalized spacial score (nSPS) is 11.7. The van der Waals surface area contributed by atoms with Crippen molar-refractivity contribution in [3.63, 3.8) is 0 Å². The van der Waals surface area contributed by atoms with E-state index in [9.17, 15) is 19.7 Å². The molecule has 8 heteroatoms. The highest BCUT2D eigenvalue weighted by molar-refractivity contribution is 6.35. The number of carbonyl (C=O) groups is 2. The van der Waals surface area contributed by atoms with Gasteiger partial charge < -0.3 is 10.4 Å². The average molecular weight is 301 g/mol. The molecule has 20 heavy (non-hydrogen) atoms. The van der Waals surface area contributed by atoms with E-state index in [0.29, 0.717) is 6.42 Å². The van der Waals surface area contributed by atoms with E-state index in [1.165, 1.54) is 18.2 Å². The molecule has 7 nitrogen and oxygen atoms in total. The molecule has 0 fully saturated rings. The van der Waals surface area contributed by atoms with Gasteiger partial charge in [-0.15, -0.1) is 0 Å². The van der Waals surface area contributed by atoms with Gasteiger partial charge in [0.05, 0.1) is 10.5 Å². The van der Waals surface area contributed by atoms with Crippen molar-refractivity contribution in [2.24, 2.45) is 0 Å². The van der Waals surface area contributed by atoms with Crippen LogP contribution < -0.4 is 5.32 Å². The van der Waals surface area contributed by atoms with E-state index in [1.807, 2.05) is 0 Å². The number of rotatable bonds is 6. The third-order valence-electron chi connectivity index (χ3n) is 2.60. The van der Waals surface area contributed by atoms with Crippen LogP contribution in [0.1, 0.15) is 30.1 Å². The summed E-state index contributed by atoms with van der Waals surface area (Å²) in [4.78, 5) is 32.9. The SMILES string of the molecule is CCC[C@H](NC(=O)c1cccc([N+](=O)[O-])c1Cl)C(=O)O. The predicted octanol–water partition coefficient (Wildman–Crippen LogP) is 2.23. The summed E-state index contributed by atoms with van der Waals surface area (Å²) in [5, 5.41) is 21.7. The maximum atomic E-state index is 11.9. The summed E-state index contributed by atoms with van der Waals surface area (Å²) in [5.41, 5.74) is -0.523. The van der Waals surface area contributed by atoms with E-state index in [1.54, 1.807) is 6.92 Å². The van der Waals surface area contributed by atoms with Gasteiger partial charge >= 0.3 is 5.97 Å². The average Bonchev–Trinajstić information content (AvgIpc) is 2.37. The number of carboxylic acid groups (broad SMARTS) is 1. The molecule has 0 saturated carbocycles. The van der Waals surface area contributed by atoms with Crippen LogP contribution in [0.4, 0.5) is 5.69 Å². The number of nitrogens with one attached hydrogen (secondary N) is 1. The zero-order valence-corrected chi connectivity index (χ0v) is 11.4. The van der Waals surface area contributed by atoms with Crippen LogP contribution in [0.5, 0.6) is 0 Å². The molecule has 1 aromatic carbocycles. The van der Waals surface area contributed by atoms with Gasteiger partial charge in [0.15, 0.2) is 0 Å². The molecule has 0 spiro atoms. The molecule has 0 heterocycles. The maximum Gasteiger partial charge on any atom is 0.326 e. The monoisotopic (exact) mass is 300 g/mol. The minimum Gasteiger partial charge on any atom is -0.480 e. The first-order valence-corrected chi connectivity index (χ1v) is 6.22. The summed E-state index contributed by atoms with van der Waals surface area (Å²) in [5.74, 6) is -1.92. The third kappa shape index (κ3) is 3.67. The molecule has 0 aliphatic carbocycles. The molecule has 1 aromatic rings. The summed E-state index contributed by atoms with van der Waals surface area (Å²) in [6, 6.07) is 2.73. The number of nitrogens with zero attached hydrogens (tertiary/aromatic N) is 1. The Morgan fingerprint density at radius 1 is 1.50 bits per heavy atom. The van der Waals surface area contributed by atoms with Gasteiger partial charge in [-0.3, -0.25) is 14.9 Å². The molecule has 0 radical (unpaired) electrons. The molecular weight excluding hydrogens is 288 g/mol.